The number of rotatable bonds is 4. The summed E-state index contributed by atoms with van der Waals surface area (Å²) in [5.41, 5.74) is 8.63. The zero-order valence-corrected chi connectivity index (χ0v) is 14.9. The van der Waals surface area contributed by atoms with Crippen molar-refractivity contribution >= 4 is 15.7 Å². The third kappa shape index (κ3) is 4.27. The van der Waals surface area contributed by atoms with Crippen LogP contribution in [-0.2, 0) is 15.6 Å². The van der Waals surface area contributed by atoms with E-state index in [0.29, 0.717) is 24.2 Å². The van der Waals surface area contributed by atoms with Crippen molar-refractivity contribution < 1.29 is 13.2 Å². The van der Waals surface area contributed by atoms with Crippen LogP contribution in [-0.4, -0.2) is 44.6 Å². The smallest absolute Gasteiger partial charge is 0.253 e. The summed E-state index contributed by atoms with van der Waals surface area (Å²) in [5, 5.41) is 0. The van der Waals surface area contributed by atoms with E-state index in [4.69, 9.17) is 5.73 Å². The molecule has 132 valence electrons. The van der Waals surface area contributed by atoms with Gasteiger partial charge in [0.1, 0.15) is 0 Å². The van der Waals surface area contributed by atoms with E-state index in [1.807, 2.05) is 30.3 Å². The summed E-state index contributed by atoms with van der Waals surface area (Å²) >= 11 is 0. The first-order chi connectivity index (χ1) is 11.8. The molecule has 1 aliphatic heterocycles. The molecular formula is C19H22N2O3S. The summed E-state index contributed by atoms with van der Waals surface area (Å²) in [5.74, 6) is 0.0426. The Balaban J connectivity index is 1.71. The van der Waals surface area contributed by atoms with Crippen molar-refractivity contribution in [1.29, 1.82) is 0 Å². The van der Waals surface area contributed by atoms with Crippen LogP contribution < -0.4 is 5.73 Å². The number of likely N-dealkylation sites (tertiary alicyclic amines) is 1. The highest BCUT2D eigenvalue weighted by Crippen LogP contribution is 2.27. The number of carbonyl (C=O) groups excluding carboxylic acids is 1. The van der Waals surface area contributed by atoms with E-state index < -0.39 is 9.84 Å². The third-order valence-electron chi connectivity index (χ3n) is 4.51. The fourth-order valence-corrected chi connectivity index (χ4v) is 4.07. The van der Waals surface area contributed by atoms with Gasteiger partial charge in [0.2, 0.25) is 0 Å². The highest BCUT2D eigenvalue weighted by atomic mass is 32.2. The molecule has 0 bridgehead atoms. The van der Waals surface area contributed by atoms with Gasteiger partial charge in [-0.05, 0) is 23.3 Å². The minimum Gasteiger partial charge on any atom is -0.336 e. The normalized spacial score (nSPS) is 20.6. The summed E-state index contributed by atoms with van der Waals surface area (Å²) in [6, 6.07) is 16.7. The number of hydrogen-bond acceptors (Lipinski definition) is 4. The molecule has 2 aromatic carbocycles. The number of carbonyl (C=O) groups is 1. The van der Waals surface area contributed by atoms with Gasteiger partial charge in [-0.2, -0.15) is 0 Å². The minimum absolute atomic E-state index is 0.0217. The molecule has 1 aliphatic rings. The van der Waals surface area contributed by atoms with Crippen molar-refractivity contribution in [2.45, 2.75) is 17.7 Å². The molecular weight excluding hydrogens is 336 g/mol. The van der Waals surface area contributed by atoms with Crippen LogP contribution in [0.15, 0.2) is 54.6 Å². The van der Waals surface area contributed by atoms with Gasteiger partial charge < -0.3 is 10.6 Å². The molecule has 1 fully saturated rings. The lowest BCUT2D eigenvalue weighted by atomic mass is 9.95. The van der Waals surface area contributed by atoms with Crippen LogP contribution in [0.2, 0.25) is 0 Å². The maximum atomic E-state index is 12.7. The SMILES string of the molecule is CS(=O)(=O)Cc1ccc(C(=O)N2C[C@@H](N)[C@H](c3ccccc3)C2)cc1. The van der Waals surface area contributed by atoms with Gasteiger partial charge in [-0.25, -0.2) is 8.42 Å². The molecule has 0 aliphatic carbocycles. The molecule has 2 aromatic rings. The van der Waals surface area contributed by atoms with Gasteiger partial charge in [-0.15, -0.1) is 0 Å². The first kappa shape index (κ1) is 17.6. The standard InChI is InChI=1S/C19H22N2O3S/c1-25(23,24)13-14-7-9-16(10-8-14)19(22)21-11-17(18(20)12-21)15-5-3-2-4-6-15/h2-10,17-18H,11-13,20H2,1H3/t17-,18+/m0/s1. The molecule has 2 atom stereocenters. The summed E-state index contributed by atoms with van der Waals surface area (Å²) in [6.07, 6.45) is 1.20. The van der Waals surface area contributed by atoms with E-state index >= 15 is 0 Å². The van der Waals surface area contributed by atoms with Crippen molar-refractivity contribution in [3.8, 4) is 0 Å². The molecule has 6 heteroatoms. The Morgan fingerprint density at radius 1 is 1.08 bits per heavy atom. The second-order valence-corrected chi connectivity index (χ2v) is 8.80. The maximum Gasteiger partial charge on any atom is 0.253 e. The number of nitrogens with two attached hydrogens (primary N) is 1. The van der Waals surface area contributed by atoms with Gasteiger partial charge in [-0.3, -0.25) is 4.79 Å². The summed E-state index contributed by atoms with van der Waals surface area (Å²) in [7, 11) is -3.08. The van der Waals surface area contributed by atoms with Gasteiger partial charge in [0.15, 0.2) is 9.84 Å². The minimum atomic E-state index is -3.08. The topological polar surface area (TPSA) is 80.5 Å². The number of benzene rings is 2. The lowest BCUT2D eigenvalue weighted by Gasteiger charge is -2.17. The highest BCUT2D eigenvalue weighted by Gasteiger charge is 2.34. The Morgan fingerprint density at radius 2 is 1.72 bits per heavy atom. The van der Waals surface area contributed by atoms with E-state index in [2.05, 4.69) is 0 Å². The monoisotopic (exact) mass is 358 g/mol. The van der Waals surface area contributed by atoms with Crippen LogP contribution in [0.5, 0.6) is 0 Å². The van der Waals surface area contributed by atoms with Gasteiger partial charge >= 0.3 is 0 Å². The van der Waals surface area contributed by atoms with E-state index in [0.717, 1.165) is 5.56 Å². The second-order valence-electron chi connectivity index (χ2n) is 6.66. The molecule has 25 heavy (non-hydrogen) atoms. The molecule has 1 heterocycles. The zero-order valence-electron chi connectivity index (χ0n) is 14.1. The summed E-state index contributed by atoms with van der Waals surface area (Å²) in [6.45, 7) is 1.11. The first-order valence-corrected chi connectivity index (χ1v) is 10.3. The maximum absolute atomic E-state index is 12.7. The van der Waals surface area contributed by atoms with Gasteiger partial charge in [0.05, 0.1) is 5.75 Å². The van der Waals surface area contributed by atoms with Crippen LogP contribution in [0.1, 0.15) is 27.4 Å². The van der Waals surface area contributed by atoms with Crippen molar-refractivity contribution in [3.05, 3.63) is 71.3 Å². The van der Waals surface area contributed by atoms with E-state index in [1.54, 1.807) is 29.2 Å². The van der Waals surface area contributed by atoms with Crippen LogP contribution in [0.3, 0.4) is 0 Å². The van der Waals surface area contributed by atoms with Crippen LogP contribution in [0.25, 0.3) is 0 Å². The Kier molecular flexibility index (Phi) is 4.92. The van der Waals surface area contributed by atoms with E-state index in [-0.39, 0.29) is 23.6 Å². The fraction of sp³-hybridized carbons (Fsp3) is 0.316. The summed E-state index contributed by atoms with van der Waals surface area (Å²) < 4.78 is 22.7. The quantitative estimate of drug-likeness (QED) is 0.904. The van der Waals surface area contributed by atoms with Crippen molar-refractivity contribution in [3.63, 3.8) is 0 Å². The fourth-order valence-electron chi connectivity index (χ4n) is 3.28. The van der Waals surface area contributed by atoms with Crippen molar-refractivity contribution in [2.24, 2.45) is 5.73 Å². The number of amides is 1. The molecule has 1 saturated heterocycles. The van der Waals surface area contributed by atoms with Gasteiger partial charge in [0.25, 0.3) is 5.91 Å². The molecule has 0 unspecified atom stereocenters. The van der Waals surface area contributed by atoms with Gasteiger partial charge in [0, 0.05) is 36.9 Å². The molecule has 1 amide bonds. The number of hydrogen-bond donors (Lipinski definition) is 1. The van der Waals surface area contributed by atoms with Crippen LogP contribution in [0.4, 0.5) is 0 Å². The Morgan fingerprint density at radius 3 is 2.32 bits per heavy atom. The molecule has 0 radical (unpaired) electrons. The highest BCUT2D eigenvalue weighted by molar-refractivity contribution is 7.89. The molecule has 2 N–H and O–H groups in total. The Hall–Kier alpha value is -2.18. The van der Waals surface area contributed by atoms with Crippen molar-refractivity contribution in [1.82, 2.24) is 4.90 Å². The Labute approximate surface area is 148 Å². The second kappa shape index (κ2) is 6.98. The molecule has 3 rings (SSSR count). The summed E-state index contributed by atoms with van der Waals surface area (Å²) in [4.78, 5) is 14.5. The number of nitrogens with zero attached hydrogens (tertiary/aromatic N) is 1. The van der Waals surface area contributed by atoms with E-state index in [1.165, 1.54) is 6.26 Å². The third-order valence-corrected chi connectivity index (χ3v) is 5.37. The molecule has 0 spiro atoms. The largest absolute Gasteiger partial charge is 0.336 e. The zero-order chi connectivity index (χ0) is 18.0. The lowest BCUT2D eigenvalue weighted by molar-refractivity contribution is 0.0789. The average Bonchev–Trinajstić information content (AvgIpc) is 2.96. The van der Waals surface area contributed by atoms with Crippen LogP contribution in [0, 0.1) is 0 Å². The predicted octanol–water partition coefficient (Wildman–Crippen LogP) is 1.80. The molecule has 0 saturated carbocycles. The lowest BCUT2D eigenvalue weighted by Crippen LogP contribution is -2.32. The van der Waals surface area contributed by atoms with E-state index in [9.17, 15) is 13.2 Å². The van der Waals surface area contributed by atoms with Gasteiger partial charge in [-0.1, -0.05) is 42.5 Å². The Bertz CT molecular complexity index is 848. The first-order valence-electron chi connectivity index (χ1n) is 8.20. The van der Waals surface area contributed by atoms with Crippen LogP contribution >= 0.6 is 0 Å². The molecule has 0 aromatic heterocycles. The molecule has 5 nitrogen and oxygen atoms in total. The average molecular weight is 358 g/mol. The predicted molar refractivity (Wildman–Crippen MR) is 98.1 cm³/mol. The number of sulfone groups is 1. The van der Waals surface area contributed by atoms with Crippen molar-refractivity contribution in [2.75, 3.05) is 19.3 Å².